The van der Waals surface area contributed by atoms with E-state index in [0.29, 0.717) is 18.6 Å². The van der Waals surface area contributed by atoms with Gasteiger partial charge in [-0.25, -0.2) is 4.79 Å². The molecule has 2 fully saturated rings. The summed E-state index contributed by atoms with van der Waals surface area (Å²) < 4.78 is 5.75. The maximum absolute atomic E-state index is 12.3. The number of aliphatic hydroxyl groups excluding tert-OH is 1. The molecule has 1 saturated carbocycles. The molecular weight excluding hydrogens is 280 g/mol. The first-order chi connectivity index (χ1) is 10.6. The zero-order valence-corrected chi connectivity index (χ0v) is 14.1. The third-order valence-electron chi connectivity index (χ3n) is 5.86. The second-order valence-electron chi connectivity index (χ2n) is 6.91. The van der Waals surface area contributed by atoms with E-state index in [2.05, 4.69) is 24.5 Å². The number of carbonyl (C=O) groups excluding carboxylic acids is 1. The van der Waals surface area contributed by atoms with Crippen LogP contribution in [0.2, 0.25) is 0 Å². The van der Waals surface area contributed by atoms with Crippen molar-refractivity contribution in [2.75, 3.05) is 19.8 Å². The maximum atomic E-state index is 12.3. The van der Waals surface area contributed by atoms with E-state index in [9.17, 15) is 9.90 Å². The summed E-state index contributed by atoms with van der Waals surface area (Å²) in [5, 5.41) is 15.4. The Hall–Kier alpha value is -0.810. The fourth-order valence-corrected chi connectivity index (χ4v) is 4.02. The monoisotopic (exact) mass is 312 g/mol. The van der Waals surface area contributed by atoms with Gasteiger partial charge in [-0.05, 0) is 50.4 Å². The van der Waals surface area contributed by atoms with Gasteiger partial charge in [-0.1, -0.05) is 13.8 Å². The summed E-state index contributed by atoms with van der Waals surface area (Å²) in [5.74, 6) is 0.485. The molecule has 1 saturated heterocycles. The minimum absolute atomic E-state index is 0.0116. The number of carbonyl (C=O) groups is 1. The van der Waals surface area contributed by atoms with E-state index >= 15 is 0 Å². The molecule has 2 aliphatic rings. The Bertz CT molecular complexity index is 358. The zero-order valence-electron chi connectivity index (χ0n) is 14.1. The van der Waals surface area contributed by atoms with E-state index < -0.39 is 0 Å². The summed E-state index contributed by atoms with van der Waals surface area (Å²) in [7, 11) is 0. The van der Waals surface area contributed by atoms with Crippen LogP contribution in [-0.4, -0.2) is 43.0 Å². The normalized spacial score (nSPS) is 28.2. The van der Waals surface area contributed by atoms with Crippen molar-refractivity contribution in [2.45, 2.75) is 70.9 Å². The number of fused-ring (bicyclic) bond motifs is 1. The minimum atomic E-state index is -0.0678. The molecule has 3 atom stereocenters. The summed E-state index contributed by atoms with van der Waals surface area (Å²) in [6, 6.07) is 0.179. The number of hydrogen-bond donors (Lipinski definition) is 3. The third kappa shape index (κ3) is 4.13. The SMILES string of the molecule is CCC(CC)(CCO)CNC(=O)NC1CCCC2OCCC12. The first-order valence-electron chi connectivity index (χ1n) is 8.91. The summed E-state index contributed by atoms with van der Waals surface area (Å²) in [5.41, 5.74) is 0.0116. The third-order valence-corrected chi connectivity index (χ3v) is 5.86. The summed E-state index contributed by atoms with van der Waals surface area (Å²) in [4.78, 5) is 12.3. The van der Waals surface area contributed by atoms with E-state index in [1.54, 1.807) is 0 Å². The molecule has 128 valence electrons. The number of aliphatic hydroxyl groups is 1. The topological polar surface area (TPSA) is 70.6 Å². The molecule has 2 rings (SSSR count). The van der Waals surface area contributed by atoms with E-state index in [1.165, 1.54) is 0 Å². The Balaban J connectivity index is 1.82. The number of nitrogens with one attached hydrogen (secondary N) is 2. The van der Waals surface area contributed by atoms with Gasteiger partial charge in [-0.3, -0.25) is 0 Å². The highest BCUT2D eigenvalue weighted by atomic mass is 16.5. The average molecular weight is 312 g/mol. The molecule has 0 aromatic heterocycles. The van der Waals surface area contributed by atoms with Gasteiger partial charge < -0.3 is 20.5 Å². The molecule has 1 aliphatic carbocycles. The highest BCUT2D eigenvalue weighted by molar-refractivity contribution is 5.74. The lowest BCUT2D eigenvalue weighted by atomic mass is 9.79. The van der Waals surface area contributed by atoms with Crippen LogP contribution < -0.4 is 10.6 Å². The molecule has 0 radical (unpaired) electrons. The molecule has 0 bridgehead atoms. The average Bonchev–Trinajstić information content (AvgIpc) is 3.01. The van der Waals surface area contributed by atoms with Gasteiger partial charge in [0.2, 0.25) is 0 Å². The van der Waals surface area contributed by atoms with E-state index in [0.717, 1.165) is 51.6 Å². The van der Waals surface area contributed by atoms with Crippen molar-refractivity contribution < 1.29 is 14.6 Å². The molecule has 5 nitrogen and oxygen atoms in total. The molecule has 5 heteroatoms. The minimum Gasteiger partial charge on any atom is -0.396 e. The molecule has 0 aromatic rings. The second-order valence-corrected chi connectivity index (χ2v) is 6.91. The molecule has 22 heavy (non-hydrogen) atoms. The zero-order chi connectivity index (χ0) is 16.0. The van der Waals surface area contributed by atoms with Crippen molar-refractivity contribution in [3.63, 3.8) is 0 Å². The van der Waals surface area contributed by atoms with E-state index in [-0.39, 0.29) is 24.1 Å². The van der Waals surface area contributed by atoms with E-state index in [1.807, 2.05) is 0 Å². The highest BCUT2D eigenvalue weighted by Crippen LogP contribution is 2.34. The van der Waals surface area contributed by atoms with Gasteiger partial charge in [-0.15, -0.1) is 0 Å². The predicted octanol–water partition coefficient (Wildman–Crippen LogP) is 2.43. The van der Waals surface area contributed by atoms with E-state index in [4.69, 9.17) is 4.74 Å². The molecule has 2 amide bonds. The summed E-state index contributed by atoms with van der Waals surface area (Å²) in [6.07, 6.45) is 7.40. The lowest BCUT2D eigenvalue weighted by molar-refractivity contribution is 0.0548. The molecule has 0 aromatic carbocycles. The van der Waals surface area contributed by atoms with Gasteiger partial charge >= 0.3 is 6.03 Å². The van der Waals surface area contributed by atoms with Crippen LogP contribution in [-0.2, 0) is 4.74 Å². The first kappa shape index (κ1) is 17.5. The molecule has 1 aliphatic heterocycles. The summed E-state index contributed by atoms with van der Waals surface area (Å²) in [6.45, 7) is 5.89. The number of urea groups is 1. The Kier molecular flexibility index (Phi) is 6.50. The number of hydrogen-bond acceptors (Lipinski definition) is 3. The molecular formula is C17H32N2O3. The Morgan fingerprint density at radius 3 is 2.73 bits per heavy atom. The van der Waals surface area contributed by atoms with Crippen molar-refractivity contribution in [3.05, 3.63) is 0 Å². The quantitative estimate of drug-likeness (QED) is 0.676. The standard InChI is InChI=1S/C17H32N2O3/c1-3-17(4-2,9-10-20)12-18-16(21)19-14-6-5-7-15-13(14)8-11-22-15/h13-15,20H,3-12H2,1-2H3,(H2,18,19,21). The fraction of sp³-hybridized carbons (Fsp3) is 0.941. The highest BCUT2D eigenvalue weighted by Gasteiger charge is 2.38. The second kappa shape index (κ2) is 8.16. The maximum Gasteiger partial charge on any atom is 0.315 e. The van der Waals surface area contributed by atoms with Crippen molar-refractivity contribution in [2.24, 2.45) is 11.3 Å². The number of ether oxygens (including phenoxy) is 1. The van der Waals surface area contributed by atoms with Gasteiger partial charge in [0.1, 0.15) is 0 Å². The fourth-order valence-electron chi connectivity index (χ4n) is 4.02. The Morgan fingerprint density at radius 2 is 2.05 bits per heavy atom. The lowest BCUT2D eigenvalue weighted by Crippen LogP contribution is -2.51. The Morgan fingerprint density at radius 1 is 1.27 bits per heavy atom. The molecule has 1 heterocycles. The van der Waals surface area contributed by atoms with Crippen LogP contribution in [0.3, 0.4) is 0 Å². The first-order valence-corrected chi connectivity index (χ1v) is 8.91. The van der Waals surface area contributed by atoms with Crippen LogP contribution in [0, 0.1) is 11.3 Å². The largest absolute Gasteiger partial charge is 0.396 e. The van der Waals surface area contributed by atoms with Gasteiger partial charge in [0.25, 0.3) is 0 Å². The van der Waals surface area contributed by atoms with Crippen LogP contribution in [0.15, 0.2) is 0 Å². The molecule has 3 unspecified atom stereocenters. The predicted molar refractivity (Wildman–Crippen MR) is 86.7 cm³/mol. The number of amides is 2. The molecule has 0 spiro atoms. The Labute approximate surface area is 134 Å². The van der Waals surface area contributed by atoms with Crippen molar-refractivity contribution in [3.8, 4) is 0 Å². The van der Waals surface area contributed by atoms with Gasteiger partial charge in [-0.2, -0.15) is 0 Å². The van der Waals surface area contributed by atoms with Crippen LogP contribution in [0.4, 0.5) is 4.79 Å². The lowest BCUT2D eigenvalue weighted by Gasteiger charge is -2.34. The van der Waals surface area contributed by atoms with Crippen LogP contribution in [0.5, 0.6) is 0 Å². The number of rotatable bonds is 7. The molecule has 3 N–H and O–H groups in total. The van der Waals surface area contributed by atoms with Crippen LogP contribution >= 0.6 is 0 Å². The van der Waals surface area contributed by atoms with Crippen LogP contribution in [0.25, 0.3) is 0 Å². The van der Waals surface area contributed by atoms with Gasteiger partial charge in [0, 0.05) is 31.7 Å². The van der Waals surface area contributed by atoms with Crippen LogP contribution in [0.1, 0.15) is 58.8 Å². The van der Waals surface area contributed by atoms with Crippen molar-refractivity contribution in [1.82, 2.24) is 10.6 Å². The van der Waals surface area contributed by atoms with Crippen molar-refractivity contribution >= 4 is 6.03 Å². The van der Waals surface area contributed by atoms with Gasteiger partial charge in [0.05, 0.1) is 6.10 Å². The van der Waals surface area contributed by atoms with Gasteiger partial charge in [0.15, 0.2) is 0 Å². The smallest absolute Gasteiger partial charge is 0.315 e. The summed E-state index contributed by atoms with van der Waals surface area (Å²) >= 11 is 0. The van der Waals surface area contributed by atoms with Crippen molar-refractivity contribution in [1.29, 1.82) is 0 Å².